The summed E-state index contributed by atoms with van der Waals surface area (Å²) in [4.78, 5) is 2.36. The standard InChI is InChI=1S/C14H20BrN3/c1-4-18(5-2)10-11(3)17-14-8-6-7-13(15)12(14)9-16/h6-8,11,17H,4-5,10H2,1-3H3. The molecule has 0 spiro atoms. The van der Waals surface area contributed by atoms with E-state index in [1.807, 2.05) is 18.2 Å². The molecule has 4 heteroatoms. The monoisotopic (exact) mass is 309 g/mol. The number of nitrogens with zero attached hydrogens (tertiary/aromatic N) is 2. The van der Waals surface area contributed by atoms with Crippen LogP contribution < -0.4 is 5.32 Å². The molecule has 1 aromatic rings. The average molecular weight is 310 g/mol. The highest BCUT2D eigenvalue weighted by Gasteiger charge is 2.10. The van der Waals surface area contributed by atoms with Crippen molar-refractivity contribution in [3.63, 3.8) is 0 Å². The van der Waals surface area contributed by atoms with Gasteiger partial charge < -0.3 is 10.2 Å². The Hall–Kier alpha value is -1.05. The Balaban J connectivity index is 2.73. The molecule has 0 saturated heterocycles. The zero-order chi connectivity index (χ0) is 13.5. The summed E-state index contributed by atoms with van der Waals surface area (Å²) >= 11 is 3.40. The van der Waals surface area contributed by atoms with E-state index < -0.39 is 0 Å². The molecule has 0 heterocycles. The zero-order valence-corrected chi connectivity index (χ0v) is 12.8. The molecule has 1 rings (SSSR count). The van der Waals surface area contributed by atoms with Crippen LogP contribution >= 0.6 is 15.9 Å². The summed E-state index contributed by atoms with van der Waals surface area (Å²) in [7, 11) is 0. The van der Waals surface area contributed by atoms with E-state index in [1.54, 1.807) is 0 Å². The number of hydrogen-bond acceptors (Lipinski definition) is 3. The van der Waals surface area contributed by atoms with Gasteiger partial charge >= 0.3 is 0 Å². The Kier molecular flexibility index (Phi) is 6.17. The molecule has 0 aliphatic carbocycles. The largest absolute Gasteiger partial charge is 0.380 e. The Morgan fingerprint density at radius 2 is 2.06 bits per heavy atom. The number of likely N-dealkylation sites (N-methyl/N-ethyl adjacent to an activating group) is 1. The van der Waals surface area contributed by atoms with Crippen LogP contribution in [0.4, 0.5) is 5.69 Å². The number of nitriles is 1. The number of hydrogen-bond donors (Lipinski definition) is 1. The highest BCUT2D eigenvalue weighted by atomic mass is 79.9. The SMILES string of the molecule is CCN(CC)CC(C)Nc1cccc(Br)c1C#N. The summed E-state index contributed by atoms with van der Waals surface area (Å²) in [5.74, 6) is 0. The van der Waals surface area contributed by atoms with Gasteiger partial charge in [-0.05, 0) is 48.1 Å². The lowest BCUT2D eigenvalue weighted by Crippen LogP contribution is -2.34. The summed E-state index contributed by atoms with van der Waals surface area (Å²) in [5.41, 5.74) is 1.57. The predicted octanol–water partition coefficient (Wildman–Crippen LogP) is 3.46. The Bertz CT molecular complexity index is 422. The molecular formula is C14H20BrN3. The van der Waals surface area contributed by atoms with Crippen LogP contribution in [0.25, 0.3) is 0 Å². The quantitative estimate of drug-likeness (QED) is 0.874. The maximum Gasteiger partial charge on any atom is 0.103 e. The lowest BCUT2D eigenvalue weighted by molar-refractivity contribution is 0.295. The molecule has 1 unspecified atom stereocenters. The van der Waals surface area contributed by atoms with Crippen molar-refractivity contribution in [1.82, 2.24) is 4.90 Å². The van der Waals surface area contributed by atoms with Crippen LogP contribution in [0, 0.1) is 11.3 Å². The van der Waals surface area contributed by atoms with Crippen LogP contribution in [0.15, 0.2) is 22.7 Å². The Labute approximate surface area is 118 Å². The third kappa shape index (κ3) is 4.01. The summed E-state index contributed by atoms with van der Waals surface area (Å²) in [5, 5.41) is 12.6. The third-order valence-corrected chi connectivity index (χ3v) is 3.61. The lowest BCUT2D eigenvalue weighted by atomic mass is 10.1. The molecule has 98 valence electrons. The van der Waals surface area contributed by atoms with E-state index in [0.717, 1.165) is 29.8 Å². The van der Waals surface area contributed by atoms with Gasteiger partial charge in [0.05, 0.1) is 11.3 Å². The molecule has 0 aliphatic rings. The van der Waals surface area contributed by atoms with Gasteiger partial charge in [0.25, 0.3) is 0 Å². The van der Waals surface area contributed by atoms with E-state index in [4.69, 9.17) is 5.26 Å². The van der Waals surface area contributed by atoms with E-state index in [1.165, 1.54) is 0 Å². The molecule has 0 aliphatic heterocycles. The van der Waals surface area contributed by atoms with Crippen molar-refractivity contribution in [1.29, 1.82) is 5.26 Å². The van der Waals surface area contributed by atoms with Crippen molar-refractivity contribution < 1.29 is 0 Å². The maximum atomic E-state index is 9.16. The van der Waals surface area contributed by atoms with Gasteiger partial charge in [-0.2, -0.15) is 5.26 Å². The number of halogens is 1. The maximum absolute atomic E-state index is 9.16. The molecule has 3 nitrogen and oxygen atoms in total. The molecule has 0 saturated carbocycles. The van der Waals surface area contributed by atoms with Gasteiger partial charge in [-0.25, -0.2) is 0 Å². The second-order valence-electron chi connectivity index (χ2n) is 4.31. The van der Waals surface area contributed by atoms with E-state index in [9.17, 15) is 0 Å². The first kappa shape index (κ1) is 15.0. The van der Waals surface area contributed by atoms with Gasteiger partial charge in [0.15, 0.2) is 0 Å². The van der Waals surface area contributed by atoms with Crippen molar-refractivity contribution in [2.75, 3.05) is 25.0 Å². The molecule has 0 radical (unpaired) electrons. The van der Waals surface area contributed by atoms with Crippen LogP contribution in [0.1, 0.15) is 26.3 Å². The van der Waals surface area contributed by atoms with E-state index in [2.05, 4.69) is 53.0 Å². The fourth-order valence-corrected chi connectivity index (χ4v) is 2.39. The fraction of sp³-hybridized carbons (Fsp3) is 0.500. The fourth-order valence-electron chi connectivity index (χ4n) is 1.94. The topological polar surface area (TPSA) is 39.1 Å². The summed E-state index contributed by atoms with van der Waals surface area (Å²) in [6.45, 7) is 9.54. The Morgan fingerprint density at radius 1 is 1.39 bits per heavy atom. The van der Waals surface area contributed by atoms with Crippen LogP contribution in [-0.4, -0.2) is 30.6 Å². The van der Waals surface area contributed by atoms with Crippen molar-refractivity contribution in [3.05, 3.63) is 28.2 Å². The molecular weight excluding hydrogens is 290 g/mol. The van der Waals surface area contributed by atoms with Crippen molar-refractivity contribution in [2.24, 2.45) is 0 Å². The molecule has 1 aromatic carbocycles. The predicted molar refractivity (Wildman–Crippen MR) is 79.7 cm³/mol. The number of anilines is 1. The molecule has 1 N–H and O–H groups in total. The van der Waals surface area contributed by atoms with E-state index in [-0.39, 0.29) is 0 Å². The van der Waals surface area contributed by atoms with E-state index >= 15 is 0 Å². The summed E-state index contributed by atoms with van der Waals surface area (Å²) in [6, 6.07) is 8.31. The minimum absolute atomic E-state index is 0.311. The lowest BCUT2D eigenvalue weighted by Gasteiger charge is -2.24. The first-order valence-electron chi connectivity index (χ1n) is 6.29. The molecule has 18 heavy (non-hydrogen) atoms. The first-order valence-corrected chi connectivity index (χ1v) is 7.09. The van der Waals surface area contributed by atoms with Crippen molar-refractivity contribution >= 4 is 21.6 Å². The zero-order valence-electron chi connectivity index (χ0n) is 11.2. The van der Waals surface area contributed by atoms with Crippen LogP contribution in [0.5, 0.6) is 0 Å². The minimum atomic E-state index is 0.311. The van der Waals surface area contributed by atoms with E-state index in [0.29, 0.717) is 11.6 Å². The van der Waals surface area contributed by atoms with Crippen LogP contribution in [-0.2, 0) is 0 Å². The van der Waals surface area contributed by atoms with Crippen molar-refractivity contribution in [3.8, 4) is 6.07 Å². The molecule has 1 atom stereocenters. The Morgan fingerprint density at radius 3 is 2.61 bits per heavy atom. The number of nitrogens with one attached hydrogen (secondary N) is 1. The van der Waals surface area contributed by atoms with Crippen LogP contribution in [0.3, 0.4) is 0 Å². The highest BCUT2D eigenvalue weighted by Crippen LogP contribution is 2.24. The molecule has 0 aromatic heterocycles. The molecule has 0 fully saturated rings. The molecule has 0 amide bonds. The molecule has 0 bridgehead atoms. The van der Waals surface area contributed by atoms with Crippen LogP contribution in [0.2, 0.25) is 0 Å². The normalized spacial score (nSPS) is 12.2. The summed E-state index contributed by atoms with van der Waals surface area (Å²) < 4.78 is 0.838. The third-order valence-electron chi connectivity index (χ3n) is 2.95. The second kappa shape index (κ2) is 7.40. The van der Waals surface area contributed by atoms with Gasteiger partial charge in [0.1, 0.15) is 6.07 Å². The smallest absolute Gasteiger partial charge is 0.103 e. The minimum Gasteiger partial charge on any atom is -0.380 e. The van der Waals surface area contributed by atoms with Gasteiger partial charge in [-0.3, -0.25) is 0 Å². The first-order chi connectivity index (χ1) is 8.62. The second-order valence-corrected chi connectivity index (χ2v) is 5.16. The van der Waals surface area contributed by atoms with Gasteiger partial charge in [-0.15, -0.1) is 0 Å². The summed E-state index contributed by atoms with van der Waals surface area (Å²) in [6.07, 6.45) is 0. The van der Waals surface area contributed by atoms with Gasteiger partial charge in [0.2, 0.25) is 0 Å². The van der Waals surface area contributed by atoms with Crippen molar-refractivity contribution in [2.45, 2.75) is 26.8 Å². The van der Waals surface area contributed by atoms with Gasteiger partial charge in [-0.1, -0.05) is 19.9 Å². The highest BCUT2D eigenvalue weighted by molar-refractivity contribution is 9.10. The number of rotatable bonds is 6. The van der Waals surface area contributed by atoms with Gasteiger partial charge in [0, 0.05) is 17.1 Å². The number of benzene rings is 1. The average Bonchev–Trinajstić information content (AvgIpc) is 2.36.